The normalized spacial score (nSPS) is 9.55. The molecule has 0 aromatic carbocycles. The second-order valence-corrected chi connectivity index (χ2v) is 1.80. The summed E-state index contributed by atoms with van der Waals surface area (Å²) in [7, 11) is 1.47. The first-order valence-electron chi connectivity index (χ1n) is 3.03. The van der Waals surface area contributed by atoms with Gasteiger partial charge in [-0.25, -0.2) is 4.79 Å². The monoisotopic (exact) mass is 157 g/mol. The summed E-state index contributed by atoms with van der Waals surface area (Å²) < 4.78 is 4.59. The Bertz CT molecular complexity index is 175. The molecule has 11 heavy (non-hydrogen) atoms. The minimum atomic E-state index is -0.516. The fraction of sp³-hybridized carbons (Fsp3) is 0.286. The Hall–Kier alpha value is -1.45. The minimum Gasteiger partial charge on any atom is -0.516 e. The fourth-order valence-electron chi connectivity index (χ4n) is 0.384. The largest absolute Gasteiger partial charge is 0.516 e. The summed E-state index contributed by atoms with van der Waals surface area (Å²) in [5, 5.41) is 10.5. The lowest BCUT2D eigenvalue weighted by atomic mass is 10.3. The van der Waals surface area contributed by atoms with Gasteiger partial charge < -0.3 is 15.2 Å². The van der Waals surface area contributed by atoms with E-state index in [1.807, 2.05) is 0 Å². The second-order valence-electron chi connectivity index (χ2n) is 1.80. The van der Waals surface area contributed by atoms with E-state index in [-0.39, 0.29) is 6.61 Å². The SMILES string of the molecule is C=C(/C=C/O)COC(=O)NC. The van der Waals surface area contributed by atoms with E-state index in [2.05, 4.69) is 16.6 Å². The van der Waals surface area contributed by atoms with Crippen molar-refractivity contribution in [2.75, 3.05) is 13.7 Å². The summed E-state index contributed by atoms with van der Waals surface area (Å²) in [6.07, 6.45) is 1.68. The summed E-state index contributed by atoms with van der Waals surface area (Å²) in [5.41, 5.74) is 0.524. The number of carbonyl (C=O) groups is 1. The van der Waals surface area contributed by atoms with Crippen molar-refractivity contribution < 1.29 is 14.6 Å². The molecule has 4 nitrogen and oxygen atoms in total. The number of aliphatic hydroxyl groups is 1. The van der Waals surface area contributed by atoms with Crippen LogP contribution in [0.25, 0.3) is 0 Å². The van der Waals surface area contributed by atoms with Crippen LogP contribution in [-0.4, -0.2) is 24.9 Å². The lowest BCUT2D eigenvalue weighted by Gasteiger charge is -2.01. The van der Waals surface area contributed by atoms with Crippen LogP contribution in [0.1, 0.15) is 0 Å². The molecule has 0 unspecified atom stereocenters. The van der Waals surface area contributed by atoms with Crippen LogP contribution < -0.4 is 5.32 Å². The number of rotatable bonds is 3. The number of ether oxygens (including phenoxy) is 1. The van der Waals surface area contributed by atoms with Gasteiger partial charge in [-0.05, 0) is 11.6 Å². The van der Waals surface area contributed by atoms with Crippen LogP contribution in [0.15, 0.2) is 24.5 Å². The molecule has 0 saturated heterocycles. The zero-order chi connectivity index (χ0) is 8.69. The first-order valence-corrected chi connectivity index (χ1v) is 3.03. The molecule has 0 atom stereocenters. The maximum absolute atomic E-state index is 10.5. The summed E-state index contributed by atoms with van der Waals surface area (Å²) in [6, 6.07) is 0. The van der Waals surface area contributed by atoms with Crippen LogP contribution in [0.4, 0.5) is 4.79 Å². The van der Waals surface area contributed by atoms with E-state index >= 15 is 0 Å². The third-order valence-electron chi connectivity index (χ3n) is 0.903. The van der Waals surface area contributed by atoms with Crippen LogP contribution >= 0.6 is 0 Å². The van der Waals surface area contributed by atoms with E-state index in [4.69, 9.17) is 5.11 Å². The molecule has 0 aromatic rings. The Kier molecular flexibility index (Phi) is 4.64. The van der Waals surface area contributed by atoms with Crippen LogP contribution in [0.3, 0.4) is 0 Å². The number of aliphatic hydroxyl groups excluding tert-OH is 1. The average molecular weight is 157 g/mol. The number of hydrogen-bond acceptors (Lipinski definition) is 3. The molecule has 0 rings (SSSR count). The smallest absolute Gasteiger partial charge is 0.407 e. The number of hydrogen-bond donors (Lipinski definition) is 2. The summed E-state index contributed by atoms with van der Waals surface area (Å²) in [5.74, 6) is 0. The van der Waals surface area contributed by atoms with Gasteiger partial charge in [0.1, 0.15) is 6.61 Å². The van der Waals surface area contributed by atoms with Crippen molar-refractivity contribution in [1.29, 1.82) is 0 Å². The van der Waals surface area contributed by atoms with Crippen molar-refractivity contribution >= 4 is 6.09 Å². The zero-order valence-electron chi connectivity index (χ0n) is 6.33. The van der Waals surface area contributed by atoms with E-state index < -0.39 is 6.09 Å². The summed E-state index contributed by atoms with van der Waals surface area (Å²) in [6.45, 7) is 3.58. The van der Waals surface area contributed by atoms with Gasteiger partial charge in [-0.15, -0.1) is 0 Å². The van der Waals surface area contributed by atoms with Gasteiger partial charge in [0, 0.05) is 7.05 Å². The van der Waals surface area contributed by atoms with Crippen molar-refractivity contribution in [2.24, 2.45) is 0 Å². The van der Waals surface area contributed by atoms with Crippen molar-refractivity contribution in [2.45, 2.75) is 0 Å². The van der Waals surface area contributed by atoms with Gasteiger partial charge in [0.05, 0.1) is 6.26 Å². The van der Waals surface area contributed by atoms with Crippen LogP contribution in [-0.2, 0) is 4.74 Å². The predicted octanol–water partition coefficient (Wildman–Crippen LogP) is 0.970. The van der Waals surface area contributed by atoms with Crippen LogP contribution in [0, 0.1) is 0 Å². The quantitative estimate of drug-likeness (QED) is 0.474. The third kappa shape index (κ3) is 5.02. The van der Waals surface area contributed by atoms with E-state index in [1.54, 1.807) is 0 Å². The summed E-state index contributed by atoms with van der Waals surface area (Å²) >= 11 is 0. The second kappa shape index (κ2) is 5.34. The topological polar surface area (TPSA) is 58.6 Å². The molecule has 0 aliphatic heterocycles. The lowest BCUT2D eigenvalue weighted by molar-refractivity contribution is 0.159. The molecule has 0 fully saturated rings. The Morgan fingerprint density at radius 3 is 2.91 bits per heavy atom. The molecule has 1 amide bonds. The highest BCUT2D eigenvalue weighted by Crippen LogP contribution is 1.92. The first-order chi connectivity index (χ1) is 5.20. The van der Waals surface area contributed by atoms with Gasteiger partial charge >= 0.3 is 6.09 Å². The Labute approximate surface area is 65.2 Å². The van der Waals surface area contributed by atoms with Gasteiger partial charge in [0.25, 0.3) is 0 Å². The molecule has 0 saturated carbocycles. The van der Waals surface area contributed by atoms with Gasteiger partial charge in [0.2, 0.25) is 0 Å². The highest BCUT2D eigenvalue weighted by atomic mass is 16.5. The molecule has 0 aromatic heterocycles. The van der Waals surface area contributed by atoms with E-state index in [0.29, 0.717) is 5.57 Å². The molecule has 0 aliphatic rings. The van der Waals surface area contributed by atoms with E-state index in [1.165, 1.54) is 13.1 Å². The highest BCUT2D eigenvalue weighted by Gasteiger charge is 1.96. The van der Waals surface area contributed by atoms with Crippen LogP contribution in [0.5, 0.6) is 0 Å². The molecule has 0 radical (unpaired) electrons. The molecule has 0 bridgehead atoms. The number of amides is 1. The minimum absolute atomic E-state index is 0.0801. The molecule has 0 spiro atoms. The Morgan fingerprint density at radius 1 is 1.82 bits per heavy atom. The third-order valence-corrected chi connectivity index (χ3v) is 0.903. The van der Waals surface area contributed by atoms with Gasteiger partial charge in [-0.2, -0.15) is 0 Å². The van der Waals surface area contributed by atoms with E-state index in [9.17, 15) is 4.79 Å². The number of nitrogens with one attached hydrogen (secondary N) is 1. The van der Waals surface area contributed by atoms with Gasteiger partial charge in [0.15, 0.2) is 0 Å². The highest BCUT2D eigenvalue weighted by molar-refractivity contribution is 5.66. The fourth-order valence-corrected chi connectivity index (χ4v) is 0.384. The van der Waals surface area contributed by atoms with Gasteiger partial charge in [-0.3, -0.25) is 0 Å². The maximum Gasteiger partial charge on any atom is 0.407 e. The molecule has 0 aliphatic carbocycles. The summed E-state index contributed by atoms with van der Waals surface area (Å²) in [4.78, 5) is 10.5. The van der Waals surface area contributed by atoms with E-state index in [0.717, 1.165) is 6.26 Å². The molecule has 0 heterocycles. The number of alkyl carbamates (subject to hydrolysis) is 1. The standard InChI is InChI=1S/C7H11NO3/c1-6(3-4-9)5-11-7(10)8-2/h3-4,9H,1,5H2,2H3,(H,8,10)/b4-3+. The maximum atomic E-state index is 10.5. The van der Waals surface area contributed by atoms with Crippen molar-refractivity contribution in [3.63, 3.8) is 0 Å². The first kappa shape index (κ1) is 9.55. The number of carbonyl (C=O) groups excluding carboxylic acids is 1. The van der Waals surface area contributed by atoms with Gasteiger partial charge in [-0.1, -0.05) is 6.58 Å². The van der Waals surface area contributed by atoms with Crippen molar-refractivity contribution in [3.05, 3.63) is 24.5 Å². The van der Waals surface area contributed by atoms with Crippen molar-refractivity contribution in [3.8, 4) is 0 Å². The Balaban J connectivity index is 3.54. The predicted molar refractivity (Wildman–Crippen MR) is 41.3 cm³/mol. The zero-order valence-corrected chi connectivity index (χ0v) is 6.33. The van der Waals surface area contributed by atoms with Crippen molar-refractivity contribution in [1.82, 2.24) is 5.32 Å². The Morgan fingerprint density at radius 2 is 2.45 bits per heavy atom. The molecular weight excluding hydrogens is 146 g/mol. The average Bonchev–Trinajstić information content (AvgIpc) is 2.01. The lowest BCUT2D eigenvalue weighted by Crippen LogP contribution is -2.19. The molecule has 62 valence electrons. The molecule has 2 N–H and O–H groups in total. The van der Waals surface area contributed by atoms with Crippen LogP contribution in [0.2, 0.25) is 0 Å². The molecular formula is C7H11NO3. The molecule has 4 heteroatoms.